The molecule has 0 fully saturated rings. The number of nitro benzene ring substituents is 1. The van der Waals surface area contributed by atoms with Crippen LogP contribution >= 0.6 is 11.8 Å². The molecule has 0 spiro atoms. The molecule has 2 aromatic heterocycles. The van der Waals surface area contributed by atoms with Gasteiger partial charge in [0.15, 0.2) is 5.82 Å². The first-order valence-electron chi connectivity index (χ1n) is 7.14. The first-order valence-corrected chi connectivity index (χ1v) is 8.02. The average Bonchev–Trinajstić information content (AvgIpc) is 3.13. The summed E-state index contributed by atoms with van der Waals surface area (Å²) in [5.41, 5.74) is 1.44. The molecule has 0 aliphatic heterocycles. The van der Waals surface area contributed by atoms with Gasteiger partial charge in [-0.2, -0.15) is 0 Å². The van der Waals surface area contributed by atoms with E-state index in [0.717, 1.165) is 5.56 Å². The SMILES string of the molecule is Cc1occc1-c1nnc(S[C@H](C)c2ccccc2[N+](=O)[O-])n1N. The Morgan fingerprint density at radius 3 is 2.75 bits per heavy atom. The van der Waals surface area contributed by atoms with Crippen molar-refractivity contribution in [1.29, 1.82) is 0 Å². The molecule has 0 aliphatic carbocycles. The first kappa shape index (κ1) is 16.1. The molecule has 9 heteroatoms. The van der Waals surface area contributed by atoms with Gasteiger partial charge < -0.3 is 10.3 Å². The van der Waals surface area contributed by atoms with Crippen LogP contribution in [0.25, 0.3) is 11.4 Å². The minimum atomic E-state index is -0.389. The van der Waals surface area contributed by atoms with Gasteiger partial charge in [0, 0.05) is 16.9 Å². The van der Waals surface area contributed by atoms with Gasteiger partial charge in [-0.1, -0.05) is 30.0 Å². The second kappa shape index (κ2) is 6.36. The predicted molar refractivity (Wildman–Crippen MR) is 90.0 cm³/mol. The molecule has 2 heterocycles. The van der Waals surface area contributed by atoms with Crippen molar-refractivity contribution in [1.82, 2.24) is 14.9 Å². The second-order valence-electron chi connectivity index (χ2n) is 5.14. The number of nitrogens with zero attached hydrogens (tertiary/aromatic N) is 4. The number of aromatic nitrogens is 3. The highest BCUT2D eigenvalue weighted by molar-refractivity contribution is 7.99. The Morgan fingerprint density at radius 2 is 2.08 bits per heavy atom. The van der Waals surface area contributed by atoms with E-state index in [9.17, 15) is 10.1 Å². The maximum absolute atomic E-state index is 11.2. The molecule has 0 unspecified atom stereocenters. The molecule has 0 saturated heterocycles. The van der Waals surface area contributed by atoms with Crippen LogP contribution in [-0.4, -0.2) is 19.8 Å². The molecular formula is C15H15N5O3S. The number of benzene rings is 1. The molecule has 0 bridgehead atoms. The largest absolute Gasteiger partial charge is 0.469 e. The van der Waals surface area contributed by atoms with Gasteiger partial charge in [-0.05, 0) is 19.9 Å². The zero-order chi connectivity index (χ0) is 17.3. The van der Waals surface area contributed by atoms with Gasteiger partial charge in [0.1, 0.15) is 5.76 Å². The summed E-state index contributed by atoms with van der Waals surface area (Å²) in [4.78, 5) is 10.8. The van der Waals surface area contributed by atoms with Crippen LogP contribution in [0.2, 0.25) is 0 Å². The Labute approximate surface area is 141 Å². The molecule has 0 radical (unpaired) electrons. The van der Waals surface area contributed by atoms with Crippen molar-refractivity contribution in [2.24, 2.45) is 0 Å². The number of nitrogen functional groups attached to an aromatic ring is 1. The minimum absolute atomic E-state index is 0.0755. The van der Waals surface area contributed by atoms with E-state index in [0.29, 0.717) is 22.3 Å². The summed E-state index contributed by atoms with van der Waals surface area (Å²) in [6.45, 7) is 3.68. The summed E-state index contributed by atoms with van der Waals surface area (Å²) in [5.74, 6) is 7.26. The number of nitrogens with two attached hydrogens (primary N) is 1. The summed E-state index contributed by atoms with van der Waals surface area (Å²) >= 11 is 1.31. The molecule has 0 saturated carbocycles. The molecule has 1 aromatic carbocycles. The third-order valence-corrected chi connectivity index (χ3v) is 4.71. The lowest BCUT2D eigenvalue weighted by Gasteiger charge is -2.11. The fourth-order valence-electron chi connectivity index (χ4n) is 2.38. The van der Waals surface area contributed by atoms with E-state index in [2.05, 4.69) is 10.2 Å². The van der Waals surface area contributed by atoms with E-state index in [1.807, 2.05) is 13.8 Å². The second-order valence-corrected chi connectivity index (χ2v) is 6.45. The van der Waals surface area contributed by atoms with E-state index in [1.165, 1.54) is 22.5 Å². The molecule has 0 aliphatic rings. The summed E-state index contributed by atoms with van der Waals surface area (Å²) < 4.78 is 6.63. The number of aryl methyl sites for hydroxylation is 1. The number of thioether (sulfide) groups is 1. The number of furan rings is 1. The van der Waals surface area contributed by atoms with Crippen molar-refractivity contribution in [3.8, 4) is 11.4 Å². The first-order chi connectivity index (χ1) is 11.5. The van der Waals surface area contributed by atoms with E-state index in [1.54, 1.807) is 30.5 Å². The van der Waals surface area contributed by atoms with Gasteiger partial charge in [0.25, 0.3) is 5.69 Å². The van der Waals surface area contributed by atoms with Crippen LogP contribution in [0.1, 0.15) is 23.5 Å². The highest BCUT2D eigenvalue weighted by Crippen LogP contribution is 2.38. The lowest BCUT2D eigenvalue weighted by molar-refractivity contribution is -0.385. The highest BCUT2D eigenvalue weighted by atomic mass is 32.2. The maximum atomic E-state index is 11.2. The van der Waals surface area contributed by atoms with Gasteiger partial charge in [0.2, 0.25) is 5.16 Å². The predicted octanol–water partition coefficient (Wildman–Crippen LogP) is 3.32. The molecule has 8 nitrogen and oxygen atoms in total. The normalized spacial score (nSPS) is 12.2. The molecule has 3 aromatic rings. The zero-order valence-corrected chi connectivity index (χ0v) is 13.9. The average molecular weight is 345 g/mol. The summed E-state index contributed by atoms with van der Waals surface area (Å²) in [6, 6.07) is 8.40. The highest BCUT2D eigenvalue weighted by Gasteiger charge is 2.22. The Balaban J connectivity index is 1.89. The molecule has 3 rings (SSSR count). The number of rotatable bonds is 5. The summed E-state index contributed by atoms with van der Waals surface area (Å²) in [6.07, 6.45) is 1.56. The van der Waals surface area contributed by atoms with Gasteiger partial charge in [-0.25, -0.2) is 4.68 Å². The topological polar surface area (TPSA) is 113 Å². The van der Waals surface area contributed by atoms with Crippen LogP contribution in [-0.2, 0) is 0 Å². The van der Waals surface area contributed by atoms with Gasteiger partial charge >= 0.3 is 0 Å². The van der Waals surface area contributed by atoms with Crippen molar-refractivity contribution >= 4 is 17.4 Å². The Bertz CT molecular complexity index is 889. The zero-order valence-electron chi connectivity index (χ0n) is 13.0. The Hall–Kier alpha value is -2.81. The van der Waals surface area contributed by atoms with Gasteiger partial charge in [0.05, 0.1) is 16.7 Å². The molecular weight excluding hydrogens is 330 g/mol. The fraction of sp³-hybridized carbons (Fsp3) is 0.200. The Kier molecular flexibility index (Phi) is 4.26. The molecule has 2 N–H and O–H groups in total. The van der Waals surface area contributed by atoms with E-state index in [4.69, 9.17) is 10.3 Å². The molecule has 0 amide bonds. The summed E-state index contributed by atoms with van der Waals surface area (Å²) in [7, 11) is 0. The van der Waals surface area contributed by atoms with Crippen molar-refractivity contribution in [2.45, 2.75) is 24.3 Å². The maximum Gasteiger partial charge on any atom is 0.273 e. The van der Waals surface area contributed by atoms with Gasteiger partial charge in [-0.3, -0.25) is 10.1 Å². The van der Waals surface area contributed by atoms with Gasteiger partial charge in [-0.15, -0.1) is 10.2 Å². The van der Waals surface area contributed by atoms with Crippen LogP contribution in [0, 0.1) is 17.0 Å². The van der Waals surface area contributed by atoms with E-state index < -0.39 is 0 Å². The number of para-hydroxylation sites is 1. The van der Waals surface area contributed by atoms with Crippen LogP contribution in [0.15, 0.2) is 46.2 Å². The Morgan fingerprint density at radius 1 is 1.33 bits per heavy atom. The third-order valence-electron chi connectivity index (χ3n) is 3.62. The van der Waals surface area contributed by atoms with Crippen LogP contribution in [0.5, 0.6) is 0 Å². The van der Waals surface area contributed by atoms with Crippen LogP contribution < -0.4 is 5.84 Å². The van der Waals surface area contributed by atoms with Crippen molar-refractivity contribution < 1.29 is 9.34 Å². The van der Waals surface area contributed by atoms with Crippen LogP contribution in [0.3, 0.4) is 0 Å². The number of nitro groups is 1. The quantitative estimate of drug-likeness (QED) is 0.326. The lowest BCUT2D eigenvalue weighted by atomic mass is 10.1. The van der Waals surface area contributed by atoms with Crippen molar-refractivity contribution in [3.05, 3.63) is 58.0 Å². The fourth-order valence-corrected chi connectivity index (χ4v) is 3.31. The van der Waals surface area contributed by atoms with Crippen molar-refractivity contribution in [2.75, 3.05) is 5.84 Å². The monoisotopic (exact) mass is 345 g/mol. The third kappa shape index (κ3) is 2.85. The minimum Gasteiger partial charge on any atom is -0.469 e. The summed E-state index contributed by atoms with van der Waals surface area (Å²) in [5, 5.41) is 19.6. The van der Waals surface area contributed by atoms with Crippen molar-refractivity contribution in [3.63, 3.8) is 0 Å². The lowest BCUT2D eigenvalue weighted by Crippen LogP contribution is -2.12. The number of hydrogen-bond acceptors (Lipinski definition) is 7. The molecule has 24 heavy (non-hydrogen) atoms. The molecule has 124 valence electrons. The standard InChI is InChI=1S/C15H15N5O3S/c1-9-11(7-8-23-9)14-17-18-15(19(14)16)24-10(2)12-5-3-4-6-13(12)20(21)22/h3-8,10H,16H2,1-2H3/t10-/m1/s1. The molecule has 1 atom stereocenters. The number of hydrogen-bond donors (Lipinski definition) is 1. The van der Waals surface area contributed by atoms with Crippen LogP contribution in [0.4, 0.5) is 5.69 Å². The smallest absolute Gasteiger partial charge is 0.273 e. The van der Waals surface area contributed by atoms with E-state index >= 15 is 0 Å². The van der Waals surface area contributed by atoms with E-state index in [-0.39, 0.29) is 15.9 Å².